The Bertz CT molecular complexity index is 323. The molecule has 0 aliphatic carbocycles. The number of nitrogens with zero attached hydrogens (tertiary/aromatic N) is 1. The van der Waals surface area contributed by atoms with Gasteiger partial charge in [-0.25, -0.2) is 0 Å². The zero-order chi connectivity index (χ0) is 13.7. The number of likely N-dealkylation sites (tertiary alicyclic amines) is 1. The zero-order valence-corrected chi connectivity index (χ0v) is 12.1. The maximum atomic E-state index is 11.9. The second-order valence-electron chi connectivity index (χ2n) is 6.09. The van der Waals surface area contributed by atoms with E-state index in [1.807, 2.05) is 0 Å². The van der Waals surface area contributed by atoms with Crippen LogP contribution >= 0.6 is 0 Å². The Morgan fingerprint density at radius 1 is 1.42 bits per heavy atom. The average molecular weight is 265 g/mol. The molecular formula is C15H27N3O. The van der Waals surface area contributed by atoms with Crippen LogP contribution in [0.1, 0.15) is 32.6 Å². The lowest BCUT2D eigenvalue weighted by atomic mass is 9.97. The van der Waals surface area contributed by atoms with Crippen molar-refractivity contribution in [3.63, 3.8) is 0 Å². The molecule has 0 aromatic heterocycles. The molecule has 4 heteroatoms. The Hall–Kier alpha value is -0.870. The molecule has 2 unspecified atom stereocenters. The summed E-state index contributed by atoms with van der Waals surface area (Å²) in [7, 11) is 0. The molecule has 2 aliphatic rings. The Morgan fingerprint density at radius 2 is 2.26 bits per heavy atom. The standard InChI is InChI=1S/C15H27N3O/c1-12(2)10-18-8-4-5-13(11-18)9-17-15(19)14-6-3-7-16-14/h13-14,16H,1,3-11H2,2H3,(H,17,19). The smallest absolute Gasteiger partial charge is 0.237 e. The monoisotopic (exact) mass is 265 g/mol. The minimum atomic E-state index is 0.0510. The van der Waals surface area contributed by atoms with Crippen molar-refractivity contribution in [2.24, 2.45) is 5.92 Å². The molecule has 2 saturated heterocycles. The predicted octanol–water partition coefficient (Wildman–Crippen LogP) is 1.14. The van der Waals surface area contributed by atoms with Crippen molar-refractivity contribution in [3.8, 4) is 0 Å². The lowest BCUT2D eigenvalue weighted by Gasteiger charge is -2.33. The summed E-state index contributed by atoms with van der Waals surface area (Å²) in [5.74, 6) is 0.785. The second kappa shape index (κ2) is 7.06. The van der Waals surface area contributed by atoms with Crippen molar-refractivity contribution in [2.45, 2.75) is 38.6 Å². The number of amides is 1. The fraction of sp³-hybridized carbons (Fsp3) is 0.800. The van der Waals surface area contributed by atoms with Gasteiger partial charge in [0.1, 0.15) is 0 Å². The van der Waals surface area contributed by atoms with Crippen LogP contribution in [0.5, 0.6) is 0 Å². The van der Waals surface area contributed by atoms with Crippen LogP contribution in [-0.2, 0) is 4.79 Å². The molecule has 0 radical (unpaired) electrons. The van der Waals surface area contributed by atoms with Gasteiger partial charge in [0.05, 0.1) is 6.04 Å². The minimum Gasteiger partial charge on any atom is -0.354 e. The number of carbonyl (C=O) groups is 1. The Kier molecular flexibility index (Phi) is 5.40. The molecule has 2 aliphatic heterocycles. The van der Waals surface area contributed by atoms with E-state index in [1.54, 1.807) is 0 Å². The Morgan fingerprint density at radius 3 is 2.95 bits per heavy atom. The zero-order valence-electron chi connectivity index (χ0n) is 12.1. The largest absolute Gasteiger partial charge is 0.354 e. The van der Waals surface area contributed by atoms with Gasteiger partial charge >= 0.3 is 0 Å². The van der Waals surface area contributed by atoms with Gasteiger partial charge in [-0.05, 0) is 51.6 Å². The lowest BCUT2D eigenvalue weighted by molar-refractivity contribution is -0.123. The summed E-state index contributed by atoms with van der Waals surface area (Å²) >= 11 is 0. The van der Waals surface area contributed by atoms with Crippen molar-refractivity contribution in [1.82, 2.24) is 15.5 Å². The number of hydrogen-bond acceptors (Lipinski definition) is 3. The molecule has 0 aromatic carbocycles. The molecule has 4 nitrogen and oxygen atoms in total. The van der Waals surface area contributed by atoms with E-state index in [0.29, 0.717) is 5.92 Å². The van der Waals surface area contributed by atoms with Crippen LogP contribution < -0.4 is 10.6 Å². The lowest BCUT2D eigenvalue weighted by Crippen LogP contribution is -2.45. The summed E-state index contributed by atoms with van der Waals surface area (Å²) < 4.78 is 0. The normalized spacial score (nSPS) is 28.3. The number of nitrogens with one attached hydrogen (secondary N) is 2. The fourth-order valence-corrected chi connectivity index (χ4v) is 3.12. The van der Waals surface area contributed by atoms with E-state index >= 15 is 0 Å². The second-order valence-corrected chi connectivity index (χ2v) is 6.09. The predicted molar refractivity (Wildman–Crippen MR) is 78.0 cm³/mol. The van der Waals surface area contributed by atoms with E-state index in [2.05, 4.69) is 29.0 Å². The third-order valence-corrected chi connectivity index (χ3v) is 4.04. The van der Waals surface area contributed by atoms with E-state index in [4.69, 9.17) is 0 Å². The summed E-state index contributed by atoms with van der Waals surface area (Å²) in [6, 6.07) is 0.0510. The first kappa shape index (κ1) is 14.5. The molecule has 1 amide bonds. The highest BCUT2D eigenvalue weighted by Gasteiger charge is 2.24. The van der Waals surface area contributed by atoms with Gasteiger partial charge in [-0.3, -0.25) is 9.69 Å². The van der Waals surface area contributed by atoms with Gasteiger partial charge in [-0.2, -0.15) is 0 Å². The molecule has 108 valence electrons. The molecule has 0 saturated carbocycles. The quantitative estimate of drug-likeness (QED) is 0.733. The Labute approximate surface area is 116 Å². The Balaban J connectivity index is 1.70. The van der Waals surface area contributed by atoms with Gasteiger partial charge in [-0.15, -0.1) is 0 Å². The van der Waals surface area contributed by atoms with Crippen LogP contribution in [0.25, 0.3) is 0 Å². The van der Waals surface area contributed by atoms with Gasteiger partial charge < -0.3 is 10.6 Å². The van der Waals surface area contributed by atoms with Crippen LogP contribution in [0.2, 0.25) is 0 Å². The van der Waals surface area contributed by atoms with Crippen LogP contribution in [0.4, 0.5) is 0 Å². The minimum absolute atomic E-state index is 0.0510. The molecule has 2 N–H and O–H groups in total. The van der Waals surface area contributed by atoms with Crippen molar-refractivity contribution in [1.29, 1.82) is 0 Å². The summed E-state index contributed by atoms with van der Waals surface area (Å²) in [5, 5.41) is 6.36. The first-order chi connectivity index (χ1) is 9.15. The maximum absolute atomic E-state index is 11.9. The molecule has 2 atom stereocenters. The van der Waals surface area contributed by atoms with Gasteiger partial charge in [0, 0.05) is 19.6 Å². The number of rotatable bonds is 5. The molecule has 2 rings (SSSR count). The van der Waals surface area contributed by atoms with E-state index in [9.17, 15) is 4.79 Å². The van der Waals surface area contributed by atoms with Crippen molar-refractivity contribution >= 4 is 5.91 Å². The molecular weight excluding hydrogens is 238 g/mol. The van der Waals surface area contributed by atoms with E-state index in [1.165, 1.54) is 25.0 Å². The topological polar surface area (TPSA) is 44.4 Å². The molecule has 19 heavy (non-hydrogen) atoms. The highest BCUT2D eigenvalue weighted by Crippen LogP contribution is 2.16. The molecule has 0 bridgehead atoms. The van der Waals surface area contributed by atoms with Crippen molar-refractivity contribution in [3.05, 3.63) is 12.2 Å². The maximum Gasteiger partial charge on any atom is 0.237 e. The molecule has 2 heterocycles. The van der Waals surface area contributed by atoms with Crippen molar-refractivity contribution in [2.75, 3.05) is 32.7 Å². The third-order valence-electron chi connectivity index (χ3n) is 4.04. The van der Waals surface area contributed by atoms with Gasteiger partial charge in [0.2, 0.25) is 5.91 Å². The summed E-state index contributed by atoms with van der Waals surface area (Å²) in [6.45, 7) is 11.1. The summed E-state index contributed by atoms with van der Waals surface area (Å²) in [4.78, 5) is 14.4. The average Bonchev–Trinajstić information content (AvgIpc) is 2.89. The van der Waals surface area contributed by atoms with E-state index in [0.717, 1.165) is 39.0 Å². The van der Waals surface area contributed by atoms with Gasteiger partial charge in [-0.1, -0.05) is 12.2 Å². The van der Waals surface area contributed by atoms with Crippen LogP contribution in [0.15, 0.2) is 12.2 Å². The van der Waals surface area contributed by atoms with E-state index < -0.39 is 0 Å². The molecule has 2 fully saturated rings. The van der Waals surface area contributed by atoms with Gasteiger partial charge in [0.15, 0.2) is 0 Å². The molecule has 0 spiro atoms. The fourth-order valence-electron chi connectivity index (χ4n) is 3.12. The highest BCUT2D eigenvalue weighted by molar-refractivity contribution is 5.81. The summed E-state index contributed by atoms with van der Waals surface area (Å²) in [5.41, 5.74) is 1.22. The van der Waals surface area contributed by atoms with Gasteiger partial charge in [0.25, 0.3) is 0 Å². The molecule has 0 aromatic rings. The number of hydrogen-bond donors (Lipinski definition) is 2. The number of piperidine rings is 1. The first-order valence-electron chi connectivity index (χ1n) is 7.53. The van der Waals surface area contributed by atoms with Crippen molar-refractivity contribution < 1.29 is 4.79 Å². The van der Waals surface area contributed by atoms with Crippen LogP contribution in [0.3, 0.4) is 0 Å². The first-order valence-corrected chi connectivity index (χ1v) is 7.53. The third kappa shape index (κ3) is 4.62. The SMILES string of the molecule is C=C(C)CN1CCCC(CNC(=O)C2CCCN2)C1. The highest BCUT2D eigenvalue weighted by atomic mass is 16.2. The van der Waals surface area contributed by atoms with E-state index in [-0.39, 0.29) is 11.9 Å². The van der Waals surface area contributed by atoms with Crippen LogP contribution in [-0.4, -0.2) is 49.6 Å². The van der Waals surface area contributed by atoms with Crippen LogP contribution in [0, 0.1) is 5.92 Å². The summed E-state index contributed by atoms with van der Waals surface area (Å²) in [6.07, 6.45) is 4.56. The number of carbonyl (C=O) groups excluding carboxylic acids is 1.